The molecule has 0 spiro atoms. The summed E-state index contributed by atoms with van der Waals surface area (Å²) in [6.45, 7) is 0. The molecule has 0 aliphatic heterocycles. The van der Waals surface area contributed by atoms with Gasteiger partial charge < -0.3 is 0 Å². The standard InChI is InChI=1S/C17H27P/c18-17-13-4-2-1-3-9-15-10-5-6-11-16(15)12-7-8-14-17/h5-6,10-11,17H,1-4,7-9,12-14,18H2. The molecule has 0 bridgehead atoms. The molecule has 1 aliphatic rings. The molecule has 1 aliphatic carbocycles. The molecule has 0 fully saturated rings. The van der Waals surface area contributed by atoms with Crippen LogP contribution in [0.2, 0.25) is 0 Å². The molecule has 18 heavy (non-hydrogen) atoms. The Morgan fingerprint density at radius 1 is 0.722 bits per heavy atom. The monoisotopic (exact) mass is 262 g/mol. The molecular formula is C17H27P. The molecule has 2 rings (SSSR count). The van der Waals surface area contributed by atoms with Gasteiger partial charge in [-0.25, -0.2) is 0 Å². The molecule has 0 radical (unpaired) electrons. The summed E-state index contributed by atoms with van der Waals surface area (Å²) in [5, 5.41) is 0. The predicted molar refractivity (Wildman–Crippen MR) is 84.3 cm³/mol. The van der Waals surface area contributed by atoms with Gasteiger partial charge in [0, 0.05) is 0 Å². The lowest BCUT2D eigenvalue weighted by atomic mass is 9.97. The number of benzene rings is 1. The smallest absolute Gasteiger partial charge is 0.0264 e. The van der Waals surface area contributed by atoms with E-state index in [1.54, 1.807) is 11.1 Å². The second-order valence-corrected chi connectivity index (χ2v) is 6.67. The van der Waals surface area contributed by atoms with Crippen molar-refractivity contribution >= 4 is 9.24 Å². The van der Waals surface area contributed by atoms with Crippen molar-refractivity contribution in [3.63, 3.8) is 0 Å². The second-order valence-electron chi connectivity index (χ2n) is 5.73. The Kier molecular flexibility index (Phi) is 6.21. The maximum absolute atomic E-state index is 3.06. The Morgan fingerprint density at radius 2 is 1.22 bits per heavy atom. The quantitative estimate of drug-likeness (QED) is 0.567. The molecule has 2 atom stereocenters. The number of rotatable bonds is 0. The van der Waals surface area contributed by atoms with E-state index < -0.39 is 0 Å². The first kappa shape index (κ1) is 14.1. The molecule has 2 unspecified atom stereocenters. The highest BCUT2D eigenvalue weighted by molar-refractivity contribution is 7.17. The highest BCUT2D eigenvalue weighted by atomic mass is 31.0. The minimum absolute atomic E-state index is 0.862. The average Bonchev–Trinajstić information content (AvgIpc) is 2.41. The van der Waals surface area contributed by atoms with Crippen LogP contribution in [-0.2, 0) is 12.8 Å². The zero-order chi connectivity index (χ0) is 12.6. The molecule has 0 N–H and O–H groups in total. The Labute approximate surface area is 115 Å². The molecule has 0 aromatic heterocycles. The van der Waals surface area contributed by atoms with Crippen LogP contribution in [0, 0.1) is 0 Å². The van der Waals surface area contributed by atoms with Gasteiger partial charge in [0.1, 0.15) is 0 Å². The first-order chi connectivity index (χ1) is 8.86. The molecule has 0 saturated heterocycles. The molecule has 1 heteroatoms. The van der Waals surface area contributed by atoms with Crippen LogP contribution in [0.15, 0.2) is 24.3 Å². The van der Waals surface area contributed by atoms with Gasteiger partial charge in [-0.2, -0.15) is 0 Å². The van der Waals surface area contributed by atoms with Crippen LogP contribution in [0.25, 0.3) is 0 Å². The molecule has 0 saturated carbocycles. The van der Waals surface area contributed by atoms with E-state index in [2.05, 4.69) is 33.5 Å². The topological polar surface area (TPSA) is 0 Å². The van der Waals surface area contributed by atoms with E-state index in [-0.39, 0.29) is 0 Å². The van der Waals surface area contributed by atoms with E-state index in [4.69, 9.17) is 0 Å². The fourth-order valence-electron chi connectivity index (χ4n) is 2.99. The van der Waals surface area contributed by atoms with Crippen molar-refractivity contribution in [2.45, 2.75) is 69.9 Å². The van der Waals surface area contributed by atoms with E-state index in [0.717, 1.165) is 5.66 Å². The van der Waals surface area contributed by atoms with Crippen LogP contribution in [0.1, 0.15) is 62.5 Å². The van der Waals surface area contributed by atoms with E-state index in [1.165, 1.54) is 64.2 Å². The fourth-order valence-corrected chi connectivity index (χ4v) is 3.46. The number of aryl methyl sites for hydroxylation is 2. The molecule has 0 amide bonds. The van der Waals surface area contributed by atoms with Gasteiger partial charge in [0.05, 0.1) is 0 Å². The zero-order valence-electron chi connectivity index (χ0n) is 11.5. The maximum Gasteiger partial charge on any atom is -0.0264 e. The van der Waals surface area contributed by atoms with Gasteiger partial charge in [0.25, 0.3) is 0 Å². The summed E-state index contributed by atoms with van der Waals surface area (Å²) in [6, 6.07) is 9.09. The van der Waals surface area contributed by atoms with Gasteiger partial charge >= 0.3 is 0 Å². The van der Waals surface area contributed by atoms with E-state index in [1.807, 2.05) is 0 Å². The summed E-state index contributed by atoms with van der Waals surface area (Å²) in [7, 11) is 3.06. The third-order valence-corrected chi connectivity index (χ3v) is 4.83. The Balaban J connectivity index is 1.96. The SMILES string of the molecule is PC1CCCCCCc2ccccc2CCCC1. The maximum atomic E-state index is 3.06. The van der Waals surface area contributed by atoms with Crippen LogP contribution < -0.4 is 0 Å². The van der Waals surface area contributed by atoms with Crippen molar-refractivity contribution in [2.24, 2.45) is 0 Å². The third kappa shape index (κ3) is 4.73. The normalized spacial score (nSPS) is 23.3. The third-order valence-electron chi connectivity index (χ3n) is 4.16. The van der Waals surface area contributed by atoms with E-state index in [9.17, 15) is 0 Å². The Bertz CT molecular complexity index is 345. The van der Waals surface area contributed by atoms with Crippen LogP contribution >= 0.6 is 9.24 Å². The van der Waals surface area contributed by atoms with Crippen molar-refractivity contribution in [1.82, 2.24) is 0 Å². The van der Waals surface area contributed by atoms with Crippen LogP contribution in [0.4, 0.5) is 0 Å². The Hall–Kier alpha value is -0.350. The Morgan fingerprint density at radius 3 is 1.89 bits per heavy atom. The van der Waals surface area contributed by atoms with Crippen LogP contribution in [-0.4, -0.2) is 5.66 Å². The van der Waals surface area contributed by atoms with Crippen molar-refractivity contribution in [2.75, 3.05) is 0 Å². The van der Waals surface area contributed by atoms with Gasteiger partial charge in [-0.15, -0.1) is 9.24 Å². The number of hydrogen-bond acceptors (Lipinski definition) is 0. The van der Waals surface area contributed by atoms with Crippen molar-refractivity contribution in [1.29, 1.82) is 0 Å². The lowest BCUT2D eigenvalue weighted by Gasteiger charge is -2.10. The summed E-state index contributed by atoms with van der Waals surface area (Å²) >= 11 is 0. The summed E-state index contributed by atoms with van der Waals surface area (Å²) in [5.74, 6) is 0. The van der Waals surface area contributed by atoms with E-state index in [0.29, 0.717) is 0 Å². The summed E-state index contributed by atoms with van der Waals surface area (Å²) < 4.78 is 0. The lowest BCUT2D eigenvalue weighted by Crippen LogP contribution is -1.98. The largest absolute Gasteiger partial charge is 0.134 e. The summed E-state index contributed by atoms with van der Waals surface area (Å²) in [6.07, 6.45) is 13.8. The predicted octanol–water partition coefficient (Wildman–Crippen LogP) is 5.15. The minimum atomic E-state index is 0.862. The fraction of sp³-hybridized carbons (Fsp3) is 0.647. The van der Waals surface area contributed by atoms with Crippen LogP contribution in [0.5, 0.6) is 0 Å². The molecule has 1 aromatic carbocycles. The zero-order valence-corrected chi connectivity index (χ0v) is 12.7. The van der Waals surface area contributed by atoms with Gasteiger partial charge in [-0.1, -0.05) is 49.9 Å². The van der Waals surface area contributed by atoms with Gasteiger partial charge in [-0.05, 0) is 55.3 Å². The first-order valence-corrected chi connectivity index (χ1v) is 8.35. The molecular weight excluding hydrogens is 235 g/mol. The average molecular weight is 262 g/mol. The molecule has 100 valence electrons. The number of hydrogen-bond donors (Lipinski definition) is 0. The van der Waals surface area contributed by atoms with Crippen molar-refractivity contribution in [3.05, 3.63) is 35.4 Å². The lowest BCUT2D eigenvalue weighted by molar-refractivity contribution is 0.573. The summed E-state index contributed by atoms with van der Waals surface area (Å²) in [5.41, 5.74) is 4.08. The van der Waals surface area contributed by atoms with E-state index >= 15 is 0 Å². The van der Waals surface area contributed by atoms with Crippen molar-refractivity contribution < 1.29 is 0 Å². The highest BCUT2D eigenvalue weighted by Crippen LogP contribution is 2.22. The molecule has 1 aromatic rings. The van der Waals surface area contributed by atoms with Gasteiger partial charge in [-0.3, -0.25) is 0 Å². The second kappa shape index (κ2) is 7.95. The molecule has 0 nitrogen and oxygen atoms in total. The van der Waals surface area contributed by atoms with Crippen molar-refractivity contribution in [3.8, 4) is 0 Å². The highest BCUT2D eigenvalue weighted by Gasteiger charge is 2.06. The molecule has 0 heterocycles. The minimum Gasteiger partial charge on any atom is -0.134 e. The van der Waals surface area contributed by atoms with Gasteiger partial charge in [0.15, 0.2) is 0 Å². The number of fused-ring (bicyclic) bond motifs is 1. The first-order valence-electron chi connectivity index (χ1n) is 7.68. The van der Waals surface area contributed by atoms with Crippen LogP contribution in [0.3, 0.4) is 0 Å². The van der Waals surface area contributed by atoms with Gasteiger partial charge in [0.2, 0.25) is 0 Å². The summed E-state index contributed by atoms with van der Waals surface area (Å²) in [4.78, 5) is 0.